The number of methoxy groups -OCH3 is 2. The van der Waals surface area contributed by atoms with Crippen molar-refractivity contribution in [3.63, 3.8) is 0 Å². The van der Waals surface area contributed by atoms with Crippen LogP contribution in [0.15, 0.2) is 0 Å². The van der Waals surface area contributed by atoms with Crippen LogP contribution in [0.5, 0.6) is 0 Å². The molecule has 3 heteroatoms. The quantitative estimate of drug-likeness (QED) is 0.618. The van der Waals surface area contributed by atoms with E-state index < -0.39 is 0 Å². The van der Waals surface area contributed by atoms with Gasteiger partial charge in [-0.15, -0.1) is 0 Å². The number of ether oxygens (including phenoxy) is 3. The van der Waals surface area contributed by atoms with Gasteiger partial charge in [0.1, 0.15) is 0 Å². The van der Waals surface area contributed by atoms with Crippen molar-refractivity contribution in [3.05, 3.63) is 0 Å². The van der Waals surface area contributed by atoms with Crippen molar-refractivity contribution in [2.75, 3.05) is 20.8 Å². The smallest absolute Gasteiger partial charge is 0.159 e. The summed E-state index contributed by atoms with van der Waals surface area (Å²) in [6.45, 7) is 3.09. The maximum Gasteiger partial charge on any atom is 0.159 e. The summed E-state index contributed by atoms with van der Waals surface area (Å²) in [4.78, 5) is 0. The summed E-state index contributed by atoms with van der Waals surface area (Å²) in [5.74, 6) is 0.452. The van der Waals surface area contributed by atoms with Crippen LogP contribution in [0.1, 0.15) is 32.6 Å². The molecule has 2 atom stereocenters. The Balaban J connectivity index is 2.35. The van der Waals surface area contributed by atoms with Crippen LogP contribution in [0.4, 0.5) is 0 Å². The van der Waals surface area contributed by atoms with Crippen LogP contribution in [0, 0.1) is 5.92 Å². The van der Waals surface area contributed by atoms with Crippen LogP contribution >= 0.6 is 0 Å². The standard InChI is InChI=1S/C11H22O3/c1-4-9(11(12-2)13-3)8-10-6-5-7-14-10/h9-11H,4-8H2,1-3H3. The molecule has 0 amide bonds. The maximum atomic E-state index is 5.61. The van der Waals surface area contributed by atoms with Crippen molar-refractivity contribution in [2.45, 2.75) is 45.0 Å². The van der Waals surface area contributed by atoms with E-state index >= 15 is 0 Å². The third-order valence-electron chi connectivity index (χ3n) is 2.96. The van der Waals surface area contributed by atoms with E-state index in [1.165, 1.54) is 12.8 Å². The molecule has 84 valence electrons. The number of rotatable bonds is 6. The summed E-state index contributed by atoms with van der Waals surface area (Å²) in [5, 5.41) is 0. The molecular formula is C11H22O3. The van der Waals surface area contributed by atoms with Crippen LogP contribution in [-0.2, 0) is 14.2 Å². The summed E-state index contributed by atoms with van der Waals surface area (Å²) in [5.41, 5.74) is 0. The lowest BCUT2D eigenvalue weighted by molar-refractivity contribution is -0.145. The molecule has 1 aliphatic heterocycles. The first-order valence-corrected chi connectivity index (χ1v) is 5.49. The molecule has 0 saturated carbocycles. The molecular weight excluding hydrogens is 180 g/mol. The Morgan fingerprint density at radius 2 is 2.07 bits per heavy atom. The van der Waals surface area contributed by atoms with Gasteiger partial charge in [0, 0.05) is 26.7 Å². The molecule has 0 aliphatic carbocycles. The Labute approximate surface area is 86.7 Å². The minimum Gasteiger partial charge on any atom is -0.378 e. The molecule has 3 nitrogen and oxygen atoms in total. The van der Waals surface area contributed by atoms with Gasteiger partial charge in [-0.1, -0.05) is 6.92 Å². The van der Waals surface area contributed by atoms with Crippen LogP contribution in [0.2, 0.25) is 0 Å². The van der Waals surface area contributed by atoms with E-state index in [0.29, 0.717) is 12.0 Å². The zero-order valence-electron chi connectivity index (χ0n) is 9.49. The highest BCUT2D eigenvalue weighted by Crippen LogP contribution is 2.25. The fourth-order valence-electron chi connectivity index (χ4n) is 2.12. The fourth-order valence-corrected chi connectivity index (χ4v) is 2.12. The summed E-state index contributed by atoms with van der Waals surface area (Å²) in [6.07, 6.45) is 4.87. The van der Waals surface area contributed by atoms with E-state index in [1.54, 1.807) is 14.2 Å². The molecule has 1 rings (SSSR count). The monoisotopic (exact) mass is 202 g/mol. The van der Waals surface area contributed by atoms with Gasteiger partial charge in [0.25, 0.3) is 0 Å². The molecule has 0 radical (unpaired) electrons. The Kier molecular flexibility index (Phi) is 5.45. The molecule has 0 bridgehead atoms. The third kappa shape index (κ3) is 3.23. The third-order valence-corrected chi connectivity index (χ3v) is 2.96. The number of hydrogen-bond acceptors (Lipinski definition) is 3. The van der Waals surface area contributed by atoms with E-state index in [1.807, 2.05) is 0 Å². The van der Waals surface area contributed by atoms with Gasteiger partial charge in [-0.25, -0.2) is 0 Å². The van der Waals surface area contributed by atoms with Gasteiger partial charge < -0.3 is 14.2 Å². The van der Waals surface area contributed by atoms with Crippen LogP contribution < -0.4 is 0 Å². The first-order valence-electron chi connectivity index (χ1n) is 5.49. The van der Waals surface area contributed by atoms with Gasteiger partial charge in [0.05, 0.1) is 6.10 Å². The van der Waals surface area contributed by atoms with Gasteiger partial charge in [-0.3, -0.25) is 0 Å². The van der Waals surface area contributed by atoms with Crippen molar-refractivity contribution >= 4 is 0 Å². The highest BCUT2D eigenvalue weighted by atomic mass is 16.7. The Morgan fingerprint density at radius 3 is 2.50 bits per heavy atom. The molecule has 1 aliphatic rings. The van der Waals surface area contributed by atoms with Crippen molar-refractivity contribution in [1.82, 2.24) is 0 Å². The van der Waals surface area contributed by atoms with E-state index in [-0.39, 0.29) is 6.29 Å². The molecule has 14 heavy (non-hydrogen) atoms. The second-order valence-corrected chi connectivity index (χ2v) is 3.88. The molecule has 0 N–H and O–H groups in total. The SMILES string of the molecule is CCC(CC1CCCO1)C(OC)OC. The van der Waals surface area contributed by atoms with Gasteiger partial charge in [-0.05, 0) is 25.7 Å². The lowest BCUT2D eigenvalue weighted by atomic mass is 9.96. The first-order chi connectivity index (χ1) is 6.81. The predicted octanol–water partition coefficient (Wildman–Crippen LogP) is 2.20. The van der Waals surface area contributed by atoms with Crippen molar-refractivity contribution in [3.8, 4) is 0 Å². The Morgan fingerprint density at radius 1 is 1.36 bits per heavy atom. The van der Waals surface area contributed by atoms with Crippen LogP contribution in [-0.4, -0.2) is 33.2 Å². The molecule has 1 saturated heterocycles. The van der Waals surface area contributed by atoms with Gasteiger partial charge in [-0.2, -0.15) is 0 Å². The van der Waals surface area contributed by atoms with Gasteiger partial charge in [0.15, 0.2) is 6.29 Å². The van der Waals surface area contributed by atoms with Crippen LogP contribution in [0.25, 0.3) is 0 Å². The topological polar surface area (TPSA) is 27.7 Å². The highest BCUT2D eigenvalue weighted by Gasteiger charge is 2.25. The molecule has 1 heterocycles. The van der Waals surface area contributed by atoms with E-state index in [4.69, 9.17) is 14.2 Å². The Bertz CT molecular complexity index is 139. The van der Waals surface area contributed by atoms with Crippen LogP contribution in [0.3, 0.4) is 0 Å². The summed E-state index contributed by atoms with van der Waals surface area (Å²) >= 11 is 0. The molecule has 0 aromatic heterocycles. The van der Waals surface area contributed by atoms with Crippen molar-refractivity contribution < 1.29 is 14.2 Å². The molecule has 0 aromatic carbocycles. The second kappa shape index (κ2) is 6.38. The maximum absolute atomic E-state index is 5.61. The predicted molar refractivity (Wildman–Crippen MR) is 55.2 cm³/mol. The molecule has 2 unspecified atom stereocenters. The van der Waals surface area contributed by atoms with E-state index in [2.05, 4.69) is 6.92 Å². The van der Waals surface area contributed by atoms with Crippen molar-refractivity contribution in [2.24, 2.45) is 5.92 Å². The second-order valence-electron chi connectivity index (χ2n) is 3.88. The summed E-state index contributed by atoms with van der Waals surface area (Å²) in [6, 6.07) is 0. The molecule has 0 spiro atoms. The molecule has 0 aromatic rings. The van der Waals surface area contributed by atoms with E-state index in [0.717, 1.165) is 19.4 Å². The normalized spacial score (nSPS) is 24.4. The Hall–Kier alpha value is -0.120. The lowest BCUT2D eigenvalue weighted by Crippen LogP contribution is -2.27. The van der Waals surface area contributed by atoms with Gasteiger partial charge >= 0.3 is 0 Å². The minimum atomic E-state index is -0.0794. The lowest BCUT2D eigenvalue weighted by Gasteiger charge is -2.25. The fraction of sp³-hybridized carbons (Fsp3) is 1.00. The zero-order chi connectivity index (χ0) is 10.4. The summed E-state index contributed by atoms with van der Waals surface area (Å²) < 4.78 is 16.2. The highest BCUT2D eigenvalue weighted by molar-refractivity contribution is 4.71. The number of hydrogen-bond donors (Lipinski definition) is 0. The van der Waals surface area contributed by atoms with Crippen molar-refractivity contribution in [1.29, 1.82) is 0 Å². The first kappa shape index (κ1) is 12.0. The summed E-state index contributed by atoms with van der Waals surface area (Å²) in [7, 11) is 3.40. The largest absolute Gasteiger partial charge is 0.378 e. The van der Waals surface area contributed by atoms with Gasteiger partial charge in [0.2, 0.25) is 0 Å². The average molecular weight is 202 g/mol. The zero-order valence-corrected chi connectivity index (χ0v) is 9.49. The molecule has 1 fully saturated rings. The van der Waals surface area contributed by atoms with E-state index in [9.17, 15) is 0 Å². The average Bonchev–Trinajstić information content (AvgIpc) is 2.70. The minimum absolute atomic E-state index is 0.0794.